The summed E-state index contributed by atoms with van der Waals surface area (Å²) in [5.74, 6) is -1.07. The predicted octanol–water partition coefficient (Wildman–Crippen LogP) is 2.60. The Balaban J connectivity index is 1.73. The molecule has 1 aromatic rings. The molecule has 168 valence electrons. The number of ketones is 1. The lowest BCUT2D eigenvalue weighted by Crippen LogP contribution is -2.60. The van der Waals surface area contributed by atoms with Gasteiger partial charge in [-0.3, -0.25) is 4.79 Å². The highest BCUT2D eigenvalue weighted by molar-refractivity contribution is 6.17. The van der Waals surface area contributed by atoms with Crippen LogP contribution in [0.1, 0.15) is 50.5 Å². The van der Waals surface area contributed by atoms with Crippen molar-refractivity contribution in [2.24, 2.45) is 0 Å². The van der Waals surface area contributed by atoms with Gasteiger partial charge in [-0.1, -0.05) is 0 Å². The highest BCUT2D eigenvalue weighted by Gasteiger charge is 2.62. The van der Waals surface area contributed by atoms with Crippen LogP contribution in [0.25, 0.3) is 6.08 Å². The molecule has 3 aliphatic heterocycles. The van der Waals surface area contributed by atoms with E-state index in [1.54, 1.807) is 31.0 Å². The van der Waals surface area contributed by atoms with Gasteiger partial charge in [-0.25, -0.2) is 9.59 Å². The second-order valence-electron chi connectivity index (χ2n) is 7.75. The van der Waals surface area contributed by atoms with Crippen LogP contribution in [-0.4, -0.2) is 48.2 Å². The summed E-state index contributed by atoms with van der Waals surface area (Å²) in [6.45, 7) is 3.40. The lowest BCUT2D eigenvalue weighted by atomic mass is 9.79. The van der Waals surface area contributed by atoms with E-state index in [-0.39, 0.29) is 37.8 Å². The maximum Gasteiger partial charge on any atom is 0.355 e. The standard InChI is InChI=1S/C23H23NO8/c1-3-28-21(26)23(22(27)29-4-2)19-15(6-5-7-16(19)25)24-9-8-13-10-17-18(31-12-30-17)11-14(13)20(24)32-23/h8-11,20H,3-7,12H2,1-2H3. The fraction of sp³-hybridized carbons (Fsp3) is 0.435. The summed E-state index contributed by atoms with van der Waals surface area (Å²) in [5.41, 5.74) is -0.245. The molecule has 0 aromatic heterocycles. The molecule has 1 aromatic carbocycles. The summed E-state index contributed by atoms with van der Waals surface area (Å²) < 4.78 is 27.8. The number of nitrogens with zero attached hydrogens (tertiary/aromatic N) is 1. The number of allylic oxidation sites excluding steroid dienone is 1. The zero-order chi connectivity index (χ0) is 22.5. The average molecular weight is 441 g/mol. The van der Waals surface area contributed by atoms with Gasteiger partial charge in [-0.15, -0.1) is 0 Å². The highest BCUT2D eigenvalue weighted by Crippen LogP contribution is 2.51. The molecule has 1 atom stereocenters. The number of hydrogen-bond donors (Lipinski definition) is 0. The van der Waals surface area contributed by atoms with Crippen molar-refractivity contribution in [3.05, 3.63) is 40.7 Å². The first kappa shape index (κ1) is 20.6. The lowest BCUT2D eigenvalue weighted by molar-refractivity contribution is -0.207. The predicted molar refractivity (Wildman–Crippen MR) is 109 cm³/mol. The molecule has 5 rings (SSSR count). The average Bonchev–Trinajstić information content (AvgIpc) is 3.24. The first-order valence-electron chi connectivity index (χ1n) is 10.7. The number of carbonyl (C=O) groups is 3. The van der Waals surface area contributed by atoms with E-state index >= 15 is 0 Å². The van der Waals surface area contributed by atoms with Gasteiger partial charge in [0, 0.05) is 23.9 Å². The van der Waals surface area contributed by atoms with E-state index in [1.807, 2.05) is 12.1 Å². The summed E-state index contributed by atoms with van der Waals surface area (Å²) in [6, 6.07) is 3.59. The number of hydrogen-bond acceptors (Lipinski definition) is 9. The Morgan fingerprint density at radius 1 is 1.09 bits per heavy atom. The zero-order valence-electron chi connectivity index (χ0n) is 17.8. The van der Waals surface area contributed by atoms with Crippen molar-refractivity contribution >= 4 is 23.8 Å². The van der Waals surface area contributed by atoms with E-state index in [9.17, 15) is 14.4 Å². The Morgan fingerprint density at radius 3 is 2.47 bits per heavy atom. The molecular weight excluding hydrogens is 418 g/mol. The molecule has 0 bridgehead atoms. The number of esters is 2. The van der Waals surface area contributed by atoms with Crippen LogP contribution in [0.5, 0.6) is 11.5 Å². The second kappa shape index (κ2) is 7.67. The summed E-state index contributed by atoms with van der Waals surface area (Å²) >= 11 is 0. The molecule has 0 radical (unpaired) electrons. The molecule has 0 N–H and O–H groups in total. The number of Topliss-reactive ketones (excluding diaryl/α,β-unsaturated/α-hetero) is 1. The first-order valence-corrected chi connectivity index (χ1v) is 10.7. The summed E-state index contributed by atoms with van der Waals surface area (Å²) in [5, 5.41) is 0. The number of fused-ring (bicyclic) bond motifs is 5. The normalized spacial score (nSPS) is 22.1. The Bertz CT molecular complexity index is 1050. The van der Waals surface area contributed by atoms with E-state index in [2.05, 4.69) is 0 Å². The molecule has 1 aliphatic carbocycles. The smallest absolute Gasteiger partial charge is 0.355 e. The van der Waals surface area contributed by atoms with Gasteiger partial charge in [-0.05, 0) is 50.5 Å². The van der Waals surface area contributed by atoms with Crippen molar-refractivity contribution in [1.82, 2.24) is 4.90 Å². The Kier molecular flexibility index (Phi) is 4.93. The Hall–Kier alpha value is -3.33. The van der Waals surface area contributed by atoms with Gasteiger partial charge in [0.05, 0.1) is 18.8 Å². The maximum absolute atomic E-state index is 13.3. The second-order valence-corrected chi connectivity index (χ2v) is 7.75. The van der Waals surface area contributed by atoms with Crippen molar-refractivity contribution in [2.75, 3.05) is 20.0 Å². The summed E-state index contributed by atoms with van der Waals surface area (Å²) in [4.78, 5) is 41.5. The van der Waals surface area contributed by atoms with Gasteiger partial charge >= 0.3 is 11.9 Å². The molecule has 0 saturated heterocycles. The fourth-order valence-electron chi connectivity index (χ4n) is 4.63. The molecule has 3 heterocycles. The van der Waals surface area contributed by atoms with Gasteiger partial charge < -0.3 is 28.6 Å². The van der Waals surface area contributed by atoms with Crippen LogP contribution in [0.15, 0.2) is 29.6 Å². The summed E-state index contributed by atoms with van der Waals surface area (Å²) in [6.07, 6.45) is 4.13. The minimum atomic E-state index is -2.29. The molecule has 4 aliphatic rings. The van der Waals surface area contributed by atoms with Crippen LogP contribution in [0.2, 0.25) is 0 Å². The van der Waals surface area contributed by atoms with Crippen LogP contribution in [-0.2, 0) is 28.6 Å². The molecule has 0 spiro atoms. The number of ether oxygens (including phenoxy) is 5. The van der Waals surface area contributed by atoms with E-state index < -0.39 is 23.8 Å². The third-order valence-corrected chi connectivity index (χ3v) is 5.97. The summed E-state index contributed by atoms with van der Waals surface area (Å²) in [7, 11) is 0. The SMILES string of the molecule is CCOC(=O)C1(C(=O)OCC)OC2c3cc4c(cc3C=CN2C2=C1C(=O)CCC2)OCO4. The van der Waals surface area contributed by atoms with Crippen molar-refractivity contribution in [3.63, 3.8) is 0 Å². The number of rotatable bonds is 4. The van der Waals surface area contributed by atoms with Crippen LogP contribution in [0.4, 0.5) is 0 Å². The largest absolute Gasteiger partial charge is 0.463 e. The topological polar surface area (TPSA) is 101 Å². The Labute approximate surface area is 184 Å². The van der Waals surface area contributed by atoms with E-state index in [0.717, 1.165) is 5.56 Å². The van der Waals surface area contributed by atoms with Crippen molar-refractivity contribution in [2.45, 2.75) is 44.9 Å². The lowest BCUT2D eigenvalue weighted by Gasteiger charge is -2.48. The first-order chi connectivity index (χ1) is 15.5. The maximum atomic E-state index is 13.3. The van der Waals surface area contributed by atoms with Gasteiger partial charge in [0.1, 0.15) is 0 Å². The zero-order valence-corrected chi connectivity index (χ0v) is 17.8. The van der Waals surface area contributed by atoms with Crippen molar-refractivity contribution in [3.8, 4) is 11.5 Å². The van der Waals surface area contributed by atoms with Crippen LogP contribution >= 0.6 is 0 Å². The molecule has 1 unspecified atom stereocenters. The molecule has 0 fully saturated rings. The number of benzene rings is 1. The van der Waals surface area contributed by atoms with Crippen LogP contribution in [0.3, 0.4) is 0 Å². The monoisotopic (exact) mass is 441 g/mol. The van der Waals surface area contributed by atoms with E-state index in [4.69, 9.17) is 23.7 Å². The minimum absolute atomic E-state index is 0.00532. The van der Waals surface area contributed by atoms with Gasteiger partial charge in [0.25, 0.3) is 5.60 Å². The van der Waals surface area contributed by atoms with Crippen molar-refractivity contribution < 1.29 is 38.1 Å². The van der Waals surface area contributed by atoms with Crippen LogP contribution in [0, 0.1) is 0 Å². The van der Waals surface area contributed by atoms with Gasteiger partial charge in [0.2, 0.25) is 6.79 Å². The minimum Gasteiger partial charge on any atom is -0.463 e. The fourth-order valence-corrected chi connectivity index (χ4v) is 4.63. The molecular formula is C23H23NO8. The molecule has 0 saturated carbocycles. The molecule has 32 heavy (non-hydrogen) atoms. The quantitative estimate of drug-likeness (QED) is 0.515. The van der Waals surface area contributed by atoms with Gasteiger partial charge in [0.15, 0.2) is 23.5 Å². The van der Waals surface area contributed by atoms with E-state index in [1.165, 1.54) is 0 Å². The third kappa shape index (κ3) is 2.84. The Morgan fingerprint density at radius 2 is 1.78 bits per heavy atom. The number of carbonyl (C=O) groups excluding carboxylic acids is 3. The molecule has 9 heteroatoms. The molecule has 0 amide bonds. The van der Waals surface area contributed by atoms with E-state index in [0.29, 0.717) is 35.6 Å². The van der Waals surface area contributed by atoms with Crippen molar-refractivity contribution in [1.29, 1.82) is 0 Å². The highest BCUT2D eigenvalue weighted by atomic mass is 16.7. The third-order valence-electron chi connectivity index (χ3n) is 5.97. The van der Waals surface area contributed by atoms with Crippen LogP contribution < -0.4 is 9.47 Å². The van der Waals surface area contributed by atoms with Gasteiger partial charge in [-0.2, -0.15) is 0 Å². The molecule has 9 nitrogen and oxygen atoms in total.